The van der Waals surface area contributed by atoms with E-state index in [4.69, 9.17) is 0 Å². The summed E-state index contributed by atoms with van der Waals surface area (Å²) in [4.78, 5) is 27.2. The Morgan fingerprint density at radius 3 is 2.33 bits per heavy atom. The highest BCUT2D eigenvalue weighted by atomic mass is 16.2. The van der Waals surface area contributed by atoms with Crippen molar-refractivity contribution in [2.45, 2.75) is 69.9 Å². The van der Waals surface area contributed by atoms with E-state index in [0.717, 1.165) is 29.7 Å². The maximum atomic E-state index is 13.1. The average molecular weight is 367 g/mol. The van der Waals surface area contributed by atoms with Crippen LogP contribution >= 0.6 is 0 Å². The molecule has 5 aliphatic rings. The third-order valence-corrected chi connectivity index (χ3v) is 7.64. The van der Waals surface area contributed by atoms with Crippen LogP contribution in [0.3, 0.4) is 0 Å². The Kier molecular flexibility index (Phi) is 4.06. The summed E-state index contributed by atoms with van der Waals surface area (Å²) in [6.07, 6.45) is 8.91. The normalized spacial score (nSPS) is 36.4. The van der Waals surface area contributed by atoms with Gasteiger partial charge in [0.2, 0.25) is 11.8 Å². The number of fused-ring (bicyclic) bond motifs is 1. The number of carbonyl (C=O) groups is 2. The van der Waals surface area contributed by atoms with E-state index in [0.29, 0.717) is 13.0 Å². The van der Waals surface area contributed by atoms with Gasteiger partial charge in [-0.3, -0.25) is 9.59 Å². The van der Waals surface area contributed by atoms with Gasteiger partial charge in [0.1, 0.15) is 0 Å². The number of hydrogen-bond donors (Lipinski definition) is 1. The molecule has 4 aliphatic carbocycles. The van der Waals surface area contributed by atoms with Crippen LogP contribution < -0.4 is 5.32 Å². The Morgan fingerprint density at radius 1 is 1.07 bits per heavy atom. The first-order valence-corrected chi connectivity index (χ1v) is 10.7. The standard InChI is InChI=1S/C23H30N2O2/c1-15(26)25-7-6-19-4-2-3-5-20(19)21(25)11-22(27)24-23-12-16-8-17(13-23)10-18(9-16)14-23/h2-5,16-18,21H,6-14H2,1H3,(H,24,27)/t16?,17?,18?,21-,23?/m0/s1. The molecule has 2 amide bonds. The van der Waals surface area contributed by atoms with Crippen LogP contribution in [0.5, 0.6) is 0 Å². The zero-order valence-corrected chi connectivity index (χ0v) is 16.2. The second-order valence-corrected chi connectivity index (χ2v) is 9.63. The maximum Gasteiger partial charge on any atom is 0.222 e. The number of benzene rings is 1. The predicted molar refractivity (Wildman–Crippen MR) is 104 cm³/mol. The molecule has 0 radical (unpaired) electrons. The van der Waals surface area contributed by atoms with Crippen LogP contribution in [0.15, 0.2) is 24.3 Å². The van der Waals surface area contributed by atoms with Gasteiger partial charge >= 0.3 is 0 Å². The van der Waals surface area contributed by atoms with E-state index in [2.05, 4.69) is 23.5 Å². The first-order chi connectivity index (χ1) is 13.0. The quantitative estimate of drug-likeness (QED) is 0.888. The van der Waals surface area contributed by atoms with E-state index in [9.17, 15) is 9.59 Å². The number of carbonyl (C=O) groups excluding carboxylic acids is 2. The lowest BCUT2D eigenvalue weighted by molar-refractivity contribution is -0.134. The Labute approximate surface area is 161 Å². The smallest absolute Gasteiger partial charge is 0.222 e. The summed E-state index contributed by atoms with van der Waals surface area (Å²) in [6, 6.07) is 8.17. The molecular weight excluding hydrogens is 336 g/mol. The zero-order valence-electron chi connectivity index (χ0n) is 16.2. The SMILES string of the molecule is CC(=O)N1CCc2ccccc2[C@@H]1CC(=O)NC12CC3CC(CC(C3)C1)C2. The molecule has 4 bridgehead atoms. The monoisotopic (exact) mass is 366 g/mol. The van der Waals surface area contributed by atoms with Gasteiger partial charge in [0.15, 0.2) is 0 Å². The third-order valence-electron chi connectivity index (χ3n) is 7.64. The Hall–Kier alpha value is -1.84. The first-order valence-electron chi connectivity index (χ1n) is 10.7. The Bertz CT molecular complexity index is 736. The van der Waals surface area contributed by atoms with Crippen molar-refractivity contribution in [2.24, 2.45) is 17.8 Å². The lowest BCUT2D eigenvalue weighted by atomic mass is 9.53. The van der Waals surface area contributed by atoms with E-state index < -0.39 is 0 Å². The van der Waals surface area contributed by atoms with Gasteiger partial charge in [-0.1, -0.05) is 24.3 Å². The molecule has 0 saturated heterocycles. The Balaban J connectivity index is 1.34. The first kappa shape index (κ1) is 17.3. The van der Waals surface area contributed by atoms with Gasteiger partial charge in [0, 0.05) is 19.0 Å². The molecule has 27 heavy (non-hydrogen) atoms. The van der Waals surface area contributed by atoms with E-state index in [-0.39, 0.29) is 23.4 Å². The van der Waals surface area contributed by atoms with Crippen LogP contribution in [-0.4, -0.2) is 28.8 Å². The van der Waals surface area contributed by atoms with Crippen molar-refractivity contribution in [3.05, 3.63) is 35.4 Å². The van der Waals surface area contributed by atoms with Gasteiger partial charge in [0.25, 0.3) is 0 Å². The second-order valence-electron chi connectivity index (χ2n) is 9.63. The molecule has 4 saturated carbocycles. The minimum absolute atomic E-state index is 0.0427. The van der Waals surface area contributed by atoms with Crippen molar-refractivity contribution in [1.82, 2.24) is 10.2 Å². The van der Waals surface area contributed by atoms with Crippen LogP contribution in [0.1, 0.15) is 69.0 Å². The fourth-order valence-electron chi connectivity index (χ4n) is 7.03. The molecule has 0 aromatic heterocycles. The van der Waals surface area contributed by atoms with Gasteiger partial charge in [-0.25, -0.2) is 0 Å². The molecule has 1 atom stereocenters. The van der Waals surface area contributed by atoms with Crippen LogP contribution in [0.2, 0.25) is 0 Å². The maximum absolute atomic E-state index is 13.1. The number of rotatable bonds is 3. The predicted octanol–water partition coefficient (Wildman–Crippen LogP) is 3.61. The van der Waals surface area contributed by atoms with Crippen LogP contribution in [-0.2, 0) is 16.0 Å². The van der Waals surface area contributed by atoms with Crippen molar-refractivity contribution in [3.8, 4) is 0 Å². The summed E-state index contributed by atoms with van der Waals surface area (Å²) in [6.45, 7) is 2.33. The molecule has 4 heteroatoms. The molecule has 1 N–H and O–H groups in total. The summed E-state index contributed by atoms with van der Waals surface area (Å²) < 4.78 is 0. The van der Waals surface area contributed by atoms with E-state index >= 15 is 0 Å². The molecule has 1 aliphatic heterocycles. The van der Waals surface area contributed by atoms with Crippen LogP contribution in [0.4, 0.5) is 0 Å². The fraction of sp³-hybridized carbons (Fsp3) is 0.652. The number of amides is 2. The molecule has 1 heterocycles. The summed E-state index contributed by atoms with van der Waals surface area (Å²) in [5.41, 5.74) is 2.48. The highest BCUT2D eigenvalue weighted by Crippen LogP contribution is 2.55. The van der Waals surface area contributed by atoms with E-state index in [1.54, 1.807) is 6.92 Å². The molecule has 4 fully saturated rings. The summed E-state index contributed by atoms with van der Waals surface area (Å²) in [5.74, 6) is 2.66. The number of nitrogens with zero attached hydrogens (tertiary/aromatic N) is 1. The number of hydrogen-bond acceptors (Lipinski definition) is 2. The van der Waals surface area contributed by atoms with Crippen molar-refractivity contribution < 1.29 is 9.59 Å². The largest absolute Gasteiger partial charge is 0.351 e. The molecule has 1 aromatic rings. The van der Waals surface area contributed by atoms with Gasteiger partial charge in [-0.15, -0.1) is 0 Å². The van der Waals surface area contributed by atoms with E-state index in [1.165, 1.54) is 44.1 Å². The molecule has 4 nitrogen and oxygen atoms in total. The average Bonchev–Trinajstić information content (AvgIpc) is 2.60. The van der Waals surface area contributed by atoms with Gasteiger partial charge in [-0.2, -0.15) is 0 Å². The van der Waals surface area contributed by atoms with Crippen molar-refractivity contribution in [1.29, 1.82) is 0 Å². The molecule has 6 rings (SSSR count). The van der Waals surface area contributed by atoms with Gasteiger partial charge in [-0.05, 0) is 73.8 Å². The molecular formula is C23H30N2O2. The highest BCUT2D eigenvalue weighted by Gasteiger charge is 2.51. The van der Waals surface area contributed by atoms with Crippen LogP contribution in [0, 0.1) is 17.8 Å². The number of nitrogens with one attached hydrogen (secondary N) is 1. The lowest BCUT2D eigenvalue weighted by Gasteiger charge is -2.57. The lowest BCUT2D eigenvalue weighted by Crippen LogP contribution is -2.60. The van der Waals surface area contributed by atoms with Crippen LogP contribution in [0.25, 0.3) is 0 Å². The van der Waals surface area contributed by atoms with Gasteiger partial charge in [0.05, 0.1) is 12.5 Å². The molecule has 0 spiro atoms. The Morgan fingerprint density at radius 2 is 1.70 bits per heavy atom. The van der Waals surface area contributed by atoms with Crippen molar-refractivity contribution in [2.75, 3.05) is 6.54 Å². The van der Waals surface area contributed by atoms with Crippen molar-refractivity contribution >= 4 is 11.8 Å². The second kappa shape index (κ2) is 6.35. The fourth-order valence-corrected chi connectivity index (χ4v) is 7.03. The minimum atomic E-state index is -0.124. The topological polar surface area (TPSA) is 49.4 Å². The van der Waals surface area contributed by atoms with E-state index in [1.807, 2.05) is 11.0 Å². The summed E-state index contributed by atoms with van der Waals surface area (Å²) in [5, 5.41) is 3.49. The molecule has 1 aromatic carbocycles. The zero-order chi connectivity index (χ0) is 18.6. The molecule has 144 valence electrons. The van der Waals surface area contributed by atoms with Crippen molar-refractivity contribution in [3.63, 3.8) is 0 Å². The highest BCUT2D eigenvalue weighted by molar-refractivity contribution is 5.80. The van der Waals surface area contributed by atoms with Gasteiger partial charge < -0.3 is 10.2 Å². The summed E-state index contributed by atoms with van der Waals surface area (Å²) in [7, 11) is 0. The molecule has 0 unspecified atom stereocenters. The third kappa shape index (κ3) is 3.07. The summed E-state index contributed by atoms with van der Waals surface area (Å²) >= 11 is 0. The minimum Gasteiger partial charge on any atom is -0.351 e.